The zero-order valence-corrected chi connectivity index (χ0v) is 15.3. The molecule has 0 unspecified atom stereocenters. The molecule has 26 heavy (non-hydrogen) atoms. The van der Waals surface area contributed by atoms with E-state index in [1.54, 1.807) is 0 Å². The van der Waals surface area contributed by atoms with Gasteiger partial charge in [0.05, 0.1) is 16.3 Å². The van der Waals surface area contributed by atoms with Crippen molar-refractivity contribution >= 4 is 28.4 Å². The second kappa shape index (κ2) is 6.50. The zero-order valence-electron chi connectivity index (χ0n) is 14.5. The molecule has 4 rings (SSSR count). The van der Waals surface area contributed by atoms with Crippen LogP contribution in [0.1, 0.15) is 37.5 Å². The van der Waals surface area contributed by atoms with Gasteiger partial charge in [0.15, 0.2) is 11.0 Å². The van der Waals surface area contributed by atoms with E-state index >= 15 is 0 Å². The Balaban J connectivity index is 1.65. The summed E-state index contributed by atoms with van der Waals surface area (Å²) in [5, 5.41) is 29.1. The van der Waals surface area contributed by atoms with Crippen molar-refractivity contribution in [1.29, 1.82) is 5.26 Å². The summed E-state index contributed by atoms with van der Waals surface area (Å²) >= 11 is 1.40. The number of nitriles is 1. The lowest BCUT2D eigenvalue weighted by Crippen LogP contribution is -2.07. The number of hydrogen-bond acceptors (Lipinski definition) is 6. The second-order valence-corrected chi connectivity index (χ2v) is 7.67. The highest BCUT2D eigenvalue weighted by Gasteiger charge is 2.30. The summed E-state index contributed by atoms with van der Waals surface area (Å²) in [6, 6.07) is 10.1. The van der Waals surface area contributed by atoms with Crippen molar-refractivity contribution in [3.8, 4) is 6.07 Å². The normalized spacial score (nSPS) is 16.3. The molecule has 8 heteroatoms. The van der Waals surface area contributed by atoms with Crippen molar-refractivity contribution in [1.82, 2.24) is 24.7 Å². The van der Waals surface area contributed by atoms with Gasteiger partial charge in [0.1, 0.15) is 23.2 Å². The van der Waals surface area contributed by atoms with Gasteiger partial charge in [-0.1, -0.05) is 23.9 Å². The fraction of sp³-hybridized carbons (Fsp3) is 0.333. The number of aryl methyl sites for hydroxylation is 1. The van der Waals surface area contributed by atoms with Gasteiger partial charge in [0, 0.05) is 6.04 Å². The molecule has 0 aliphatic heterocycles. The highest BCUT2D eigenvalue weighted by atomic mass is 32.2. The topological polar surface area (TPSA) is 103 Å². The average Bonchev–Trinajstić information content (AvgIpc) is 3.27. The largest absolute Gasteiger partial charge is 0.510 e. The minimum absolute atomic E-state index is 0.0143. The molecule has 7 nitrogen and oxygen atoms in total. The Hall–Kier alpha value is -2.79. The third-order valence-corrected chi connectivity index (χ3v) is 5.47. The first-order valence-corrected chi connectivity index (χ1v) is 9.33. The molecule has 1 fully saturated rings. The van der Waals surface area contributed by atoms with Gasteiger partial charge in [-0.2, -0.15) is 5.26 Å². The molecular formula is C18H18N6OS. The molecule has 2 heterocycles. The first kappa shape index (κ1) is 16.7. The van der Waals surface area contributed by atoms with Crippen LogP contribution in [-0.2, 0) is 0 Å². The van der Waals surface area contributed by atoms with Gasteiger partial charge in [0.2, 0.25) is 0 Å². The number of aliphatic hydroxyl groups is 1. The maximum absolute atomic E-state index is 10.7. The zero-order chi connectivity index (χ0) is 18.3. The first-order chi connectivity index (χ1) is 12.6. The number of aromatic amines is 1. The average molecular weight is 366 g/mol. The van der Waals surface area contributed by atoms with Crippen molar-refractivity contribution in [3.63, 3.8) is 0 Å². The summed E-state index contributed by atoms with van der Waals surface area (Å²) in [6.45, 7) is 3.78. The summed E-state index contributed by atoms with van der Waals surface area (Å²) in [6.07, 6.45) is 2.26. The van der Waals surface area contributed by atoms with Crippen LogP contribution >= 0.6 is 11.8 Å². The SMILES string of the molecule is Cc1nnc(S[C@@H](C)/C(O)=C(\C#N)c2nc3ccccc3[nH]2)n1C1CC1. The Morgan fingerprint density at radius 1 is 1.38 bits per heavy atom. The Labute approximate surface area is 154 Å². The van der Waals surface area contributed by atoms with E-state index in [2.05, 4.69) is 30.8 Å². The van der Waals surface area contributed by atoms with E-state index in [9.17, 15) is 10.4 Å². The lowest BCUT2D eigenvalue weighted by atomic mass is 10.2. The highest BCUT2D eigenvalue weighted by Crippen LogP contribution is 2.40. The van der Waals surface area contributed by atoms with E-state index in [1.807, 2.05) is 38.1 Å². The maximum Gasteiger partial charge on any atom is 0.192 e. The number of fused-ring (bicyclic) bond motifs is 1. The molecule has 132 valence electrons. The quantitative estimate of drug-likeness (QED) is 0.405. The van der Waals surface area contributed by atoms with Crippen LogP contribution in [0.3, 0.4) is 0 Å². The molecule has 0 saturated heterocycles. The van der Waals surface area contributed by atoms with Crippen LogP contribution < -0.4 is 0 Å². The van der Waals surface area contributed by atoms with Gasteiger partial charge in [-0.3, -0.25) is 0 Å². The number of nitrogens with one attached hydrogen (secondary N) is 1. The van der Waals surface area contributed by atoms with Crippen molar-refractivity contribution in [3.05, 3.63) is 41.7 Å². The second-order valence-electron chi connectivity index (χ2n) is 6.37. The first-order valence-electron chi connectivity index (χ1n) is 8.45. The lowest BCUT2D eigenvalue weighted by Gasteiger charge is -2.12. The van der Waals surface area contributed by atoms with Crippen LogP contribution in [0.15, 0.2) is 35.2 Å². The fourth-order valence-corrected chi connectivity index (χ4v) is 3.93. The molecule has 2 aromatic heterocycles. The van der Waals surface area contributed by atoms with E-state index in [4.69, 9.17) is 0 Å². The number of hydrogen-bond donors (Lipinski definition) is 2. The number of thioether (sulfide) groups is 1. The predicted molar refractivity (Wildman–Crippen MR) is 99.6 cm³/mol. The molecule has 0 bridgehead atoms. The maximum atomic E-state index is 10.7. The van der Waals surface area contributed by atoms with E-state index in [0.717, 1.165) is 34.9 Å². The van der Waals surface area contributed by atoms with Gasteiger partial charge >= 0.3 is 0 Å². The summed E-state index contributed by atoms with van der Waals surface area (Å²) in [5.74, 6) is 1.24. The number of rotatable bonds is 5. The van der Waals surface area contributed by atoms with Crippen LogP contribution in [-0.4, -0.2) is 35.1 Å². The highest BCUT2D eigenvalue weighted by molar-refractivity contribution is 7.99. The van der Waals surface area contributed by atoms with Crippen molar-refractivity contribution in [2.24, 2.45) is 0 Å². The number of allylic oxidation sites excluding steroid dienone is 1. The Kier molecular flexibility index (Phi) is 4.17. The van der Waals surface area contributed by atoms with Gasteiger partial charge in [-0.15, -0.1) is 10.2 Å². The molecule has 0 amide bonds. The van der Waals surface area contributed by atoms with E-state index in [1.165, 1.54) is 11.8 Å². The number of aliphatic hydroxyl groups excluding tert-OH is 1. The molecule has 1 saturated carbocycles. The molecule has 1 aliphatic carbocycles. The molecule has 1 atom stereocenters. The predicted octanol–water partition coefficient (Wildman–Crippen LogP) is 3.77. The summed E-state index contributed by atoms with van der Waals surface area (Å²) in [4.78, 5) is 7.51. The number of nitrogens with zero attached hydrogens (tertiary/aromatic N) is 5. The number of aromatic nitrogens is 5. The van der Waals surface area contributed by atoms with Gasteiger partial charge < -0.3 is 14.7 Å². The Bertz CT molecular complexity index is 1010. The van der Waals surface area contributed by atoms with Crippen molar-refractivity contribution in [2.45, 2.75) is 43.1 Å². The summed E-state index contributed by atoms with van der Waals surface area (Å²) in [5.41, 5.74) is 1.73. The van der Waals surface area contributed by atoms with Gasteiger partial charge in [-0.05, 0) is 38.8 Å². The third-order valence-electron chi connectivity index (χ3n) is 4.41. The molecule has 1 aliphatic rings. The van der Waals surface area contributed by atoms with E-state index < -0.39 is 0 Å². The van der Waals surface area contributed by atoms with Crippen LogP contribution in [0.5, 0.6) is 0 Å². The minimum Gasteiger partial charge on any atom is -0.510 e. The minimum atomic E-state index is -0.348. The van der Waals surface area contributed by atoms with Crippen molar-refractivity contribution < 1.29 is 5.11 Å². The number of benzene rings is 1. The van der Waals surface area contributed by atoms with Crippen LogP contribution in [0.2, 0.25) is 0 Å². The standard InChI is InChI=1S/C18H18N6OS/c1-10(26-18-23-22-11(2)24(18)12-7-8-12)16(25)13(9-19)17-20-14-5-3-4-6-15(14)21-17/h3-6,10,12,25H,7-8H2,1-2H3,(H,20,21)/b16-13-/t10-/m0/s1. The van der Waals surface area contributed by atoms with Crippen LogP contribution in [0.4, 0.5) is 0 Å². The number of imidazole rings is 1. The molecule has 0 spiro atoms. The monoisotopic (exact) mass is 366 g/mol. The van der Waals surface area contributed by atoms with Crippen LogP contribution in [0.25, 0.3) is 16.6 Å². The summed E-state index contributed by atoms with van der Waals surface area (Å²) in [7, 11) is 0. The Morgan fingerprint density at radius 3 is 2.85 bits per heavy atom. The van der Waals surface area contributed by atoms with Gasteiger partial charge in [-0.25, -0.2) is 4.98 Å². The molecular weight excluding hydrogens is 348 g/mol. The molecule has 1 aromatic carbocycles. The summed E-state index contributed by atoms with van der Waals surface area (Å²) < 4.78 is 2.11. The van der Waals surface area contributed by atoms with E-state index in [0.29, 0.717) is 11.9 Å². The van der Waals surface area contributed by atoms with Gasteiger partial charge in [0.25, 0.3) is 0 Å². The lowest BCUT2D eigenvalue weighted by molar-refractivity contribution is 0.401. The number of H-pyrrole nitrogens is 1. The Morgan fingerprint density at radius 2 is 2.15 bits per heavy atom. The van der Waals surface area contributed by atoms with E-state index in [-0.39, 0.29) is 16.6 Å². The van der Waals surface area contributed by atoms with Crippen LogP contribution in [0, 0.1) is 18.3 Å². The van der Waals surface area contributed by atoms with Crippen molar-refractivity contribution in [2.75, 3.05) is 0 Å². The molecule has 2 N–H and O–H groups in total. The number of para-hydroxylation sites is 2. The fourth-order valence-electron chi connectivity index (χ4n) is 2.90. The smallest absolute Gasteiger partial charge is 0.192 e. The third kappa shape index (κ3) is 2.95. The molecule has 3 aromatic rings. The molecule has 0 radical (unpaired) electrons.